The van der Waals surface area contributed by atoms with Crippen LogP contribution in [0.25, 0.3) is 0 Å². The second-order valence-electron chi connectivity index (χ2n) is 7.42. The Labute approximate surface area is 193 Å². The molecule has 3 rings (SSSR count). The van der Waals surface area contributed by atoms with Gasteiger partial charge >= 0.3 is 12.1 Å². The monoisotopic (exact) mass is 502 g/mol. The van der Waals surface area contributed by atoms with Crippen molar-refractivity contribution in [2.45, 2.75) is 38.0 Å². The van der Waals surface area contributed by atoms with Gasteiger partial charge in [0.05, 0.1) is 6.42 Å². The van der Waals surface area contributed by atoms with Gasteiger partial charge in [-0.05, 0) is 30.5 Å². The third-order valence-electron chi connectivity index (χ3n) is 5.18. The highest BCUT2D eigenvalue weighted by molar-refractivity contribution is 9.10. The van der Waals surface area contributed by atoms with Gasteiger partial charge in [0.1, 0.15) is 18.7 Å². The summed E-state index contributed by atoms with van der Waals surface area (Å²) < 4.78 is 6.05. The molecular formula is C23H23BrN2O6. The molecule has 1 aliphatic heterocycles. The smallest absolute Gasteiger partial charge is 0.407 e. The summed E-state index contributed by atoms with van der Waals surface area (Å²) in [5.74, 6) is -1.70. The van der Waals surface area contributed by atoms with Crippen molar-refractivity contribution in [1.82, 2.24) is 10.2 Å². The molecule has 0 aliphatic carbocycles. The Morgan fingerprint density at radius 3 is 2.44 bits per heavy atom. The fourth-order valence-corrected chi connectivity index (χ4v) is 3.79. The molecule has 1 saturated heterocycles. The van der Waals surface area contributed by atoms with Gasteiger partial charge in [-0.15, -0.1) is 0 Å². The molecule has 9 heteroatoms. The number of nitrogens with zero attached hydrogens (tertiary/aromatic N) is 1. The quantitative estimate of drug-likeness (QED) is 0.422. The van der Waals surface area contributed by atoms with Crippen molar-refractivity contribution in [1.29, 1.82) is 0 Å². The summed E-state index contributed by atoms with van der Waals surface area (Å²) in [5.41, 5.74) is 1.11. The molecule has 2 aromatic rings. The van der Waals surface area contributed by atoms with Crippen molar-refractivity contribution in [3.8, 4) is 0 Å². The van der Waals surface area contributed by atoms with Gasteiger partial charge in [0.2, 0.25) is 5.91 Å². The van der Waals surface area contributed by atoms with Crippen LogP contribution < -0.4 is 5.32 Å². The number of rotatable bonds is 8. The van der Waals surface area contributed by atoms with E-state index >= 15 is 0 Å². The first-order chi connectivity index (χ1) is 15.3. The molecule has 2 unspecified atom stereocenters. The summed E-state index contributed by atoms with van der Waals surface area (Å²) >= 11 is 3.30. The number of ketones is 1. The van der Waals surface area contributed by atoms with E-state index in [9.17, 15) is 24.3 Å². The first kappa shape index (κ1) is 23.5. The molecule has 1 fully saturated rings. The molecule has 1 aliphatic rings. The lowest BCUT2D eigenvalue weighted by atomic mass is 10.0. The average Bonchev–Trinajstić information content (AvgIpc) is 3.29. The molecule has 2 atom stereocenters. The summed E-state index contributed by atoms with van der Waals surface area (Å²) in [5, 5.41) is 11.9. The maximum atomic E-state index is 13.1. The highest BCUT2D eigenvalue weighted by Crippen LogP contribution is 2.19. The zero-order valence-corrected chi connectivity index (χ0v) is 18.8. The minimum absolute atomic E-state index is 0.0439. The maximum absolute atomic E-state index is 13.1. The molecule has 2 amide bonds. The van der Waals surface area contributed by atoms with Gasteiger partial charge in [0.25, 0.3) is 0 Å². The van der Waals surface area contributed by atoms with Crippen molar-refractivity contribution in [2.75, 3.05) is 6.54 Å². The summed E-state index contributed by atoms with van der Waals surface area (Å²) in [4.78, 5) is 50.7. The molecule has 168 valence electrons. The van der Waals surface area contributed by atoms with Crippen LogP contribution >= 0.6 is 15.9 Å². The number of carboxylic acid groups (broad SMARTS) is 1. The van der Waals surface area contributed by atoms with Crippen LogP contribution in [-0.4, -0.2) is 52.4 Å². The zero-order valence-electron chi connectivity index (χ0n) is 17.2. The molecule has 0 saturated carbocycles. The zero-order chi connectivity index (χ0) is 23.1. The molecule has 0 spiro atoms. The number of hydrogen-bond acceptors (Lipinski definition) is 5. The van der Waals surface area contributed by atoms with Gasteiger partial charge in [-0.1, -0.05) is 58.4 Å². The van der Waals surface area contributed by atoms with E-state index < -0.39 is 35.8 Å². The van der Waals surface area contributed by atoms with Crippen LogP contribution in [0.5, 0.6) is 0 Å². The summed E-state index contributed by atoms with van der Waals surface area (Å²) in [6, 6.07) is 13.6. The van der Waals surface area contributed by atoms with Crippen molar-refractivity contribution < 1.29 is 29.0 Å². The molecule has 1 heterocycles. The molecule has 0 aromatic heterocycles. The Kier molecular flexibility index (Phi) is 7.99. The van der Waals surface area contributed by atoms with Gasteiger partial charge in [0, 0.05) is 16.6 Å². The van der Waals surface area contributed by atoms with Crippen molar-refractivity contribution >= 4 is 39.7 Å². The summed E-state index contributed by atoms with van der Waals surface area (Å²) in [7, 11) is 0. The number of carbonyl (C=O) groups excluding carboxylic acids is 3. The molecule has 2 aromatic carbocycles. The molecule has 0 radical (unpaired) electrons. The SMILES string of the molecule is O=C(CC(NC(=O)C1CCCN1C(=O)O)C(=O)c1ccc(Br)cc1)OCc1ccccc1. The van der Waals surface area contributed by atoms with Gasteiger partial charge < -0.3 is 15.2 Å². The standard InChI is InChI=1S/C23H23BrN2O6/c24-17-10-8-16(9-11-17)21(28)18(13-20(27)32-14-15-5-2-1-3-6-15)25-22(29)19-7-4-12-26(19)23(30)31/h1-3,5-6,8-11,18-19H,4,7,12-14H2,(H,25,29)(H,30,31). The van der Waals surface area contributed by atoms with Gasteiger partial charge in [-0.25, -0.2) is 4.79 Å². The lowest BCUT2D eigenvalue weighted by Gasteiger charge is -2.24. The topological polar surface area (TPSA) is 113 Å². The van der Waals surface area contributed by atoms with Crippen LogP contribution in [0, 0.1) is 0 Å². The maximum Gasteiger partial charge on any atom is 0.407 e. The minimum Gasteiger partial charge on any atom is -0.465 e. The Morgan fingerprint density at radius 2 is 1.78 bits per heavy atom. The number of benzene rings is 2. The number of carbonyl (C=O) groups is 4. The van der Waals surface area contributed by atoms with Crippen LogP contribution in [0.15, 0.2) is 59.1 Å². The predicted octanol–water partition coefficient (Wildman–Crippen LogP) is 3.39. The van der Waals surface area contributed by atoms with Gasteiger partial charge in [0.15, 0.2) is 5.78 Å². The number of hydrogen-bond donors (Lipinski definition) is 2. The van der Waals surface area contributed by atoms with Crippen LogP contribution in [-0.2, 0) is 20.9 Å². The largest absolute Gasteiger partial charge is 0.465 e. The average molecular weight is 503 g/mol. The van der Waals surface area contributed by atoms with Crippen molar-refractivity contribution in [3.63, 3.8) is 0 Å². The van der Waals surface area contributed by atoms with Gasteiger partial charge in [-0.3, -0.25) is 19.3 Å². The first-order valence-electron chi connectivity index (χ1n) is 10.1. The lowest BCUT2D eigenvalue weighted by Crippen LogP contribution is -2.51. The Bertz CT molecular complexity index is 980. The second kappa shape index (κ2) is 10.9. The number of nitrogens with one attached hydrogen (secondary N) is 1. The number of halogens is 1. The predicted molar refractivity (Wildman–Crippen MR) is 119 cm³/mol. The van der Waals surface area contributed by atoms with E-state index in [2.05, 4.69) is 21.2 Å². The molecule has 32 heavy (non-hydrogen) atoms. The number of likely N-dealkylation sites (tertiary alicyclic amines) is 1. The van der Waals surface area contributed by atoms with E-state index in [1.165, 1.54) is 0 Å². The van der Waals surface area contributed by atoms with Crippen LogP contribution in [0.2, 0.25) is 0 Å². The van der Waals surface area contributed by atoms with Crippen molar-refractivity contribution in [2.24, 2.45) is 0 Å². The number of ether oxygens (including phenoxy) is 1. The fraction of sp³-hybridized carbons (Fsp3) is 0.304. The Balaban J connectivity index is 1.72. The van der Waals surface area contributed by atoms with E-state index in [0.717, 1.165) is 14.9 Å². The third kappa shape index (κ3) is 6.16. The van der Waals surface area contributed by atoms with Gasteiger partial charge in [-0.2, -0.15) is 0 Å². The number of Topliss-reactive ketones (excluding diaryl/α,β-unsaturated/α-hetero) is 1. The summed E-state index contributed by atoms with van der Waals surface area (Å²) in [6.07, 6.45) is -0.654. The van der Waals surface area contributed by atoms with E-state index in [1.807, 2.05) is 18.2 Å². The Hall–Kier alpha value is -3.20. The third-order valence-corrected chi connectivity index (χ3v) is 5.70. The van der Waals surface area contributed by atoms with Crippen LogP contribution in [0.1, 0.15) is 35.2 Å². The highest BCUT2D eigenvalue weighted by atomic mass is 79.9. The van der Waals surface area contributed by atoms with Crippen molar-refractivity contribution in [3.05, 3.63) is 70.2 Å². The number of amides is 2. The van der Waals surface area contributed by atoms with Crippen LogP contribution in [0.3, 0.4) is 0 Å². The Morgan fingerprint density at radius 1 is 1.09 bits per heavy atom. The van der Waals surface area contributed by atoms with E-state index in [1.54, 1.807) is 36.4 Å². The molecule has 0 bridgehead atoms. The summed E-state index contributed by atoms with van der Waals surface area (Å²) in [6.45, 7) is 0.292. The number of esters is 1. The second-order valence-corrected chi connectivity index (χ2v) is 8.33. The first-order valence-corrected chi connectivity index (χ1v) is 10.9. The van der Waals surface area contributed by atoms with E-state index in [0.29, 0.717) is 18.4 Å². The normalized spacial score (nSPS) is 16.3. The molecular weight excluding hydrogens is 480 g/mol. The fourth-order valence-electron chi connectivity index (χ4n) is 3.52. The van der Waals surface area contributed by atoms with E-state index in [4.69, 9.17) is 4.74 Å². The minimum atomic E-state index is -1.19. The highest BCUT2D eigenvalue weighted by Gasteiger charge is 2.36. The lowest BCUT2D eigenvalue weighted by molar-refractivity contribution is -0.145. The van der Waals surface area contributed by atoms with E-state index in [-0.39, 0.29) is 19.6 Å². The molecule has 2 N–H and O–H groups in total. The van der Waals surface area contributed by atoms with Crippen LogP contribution in [0.4, 0.5) is 4.79 Å². The molecule has 8 nitrogen and oxygen atoms in total.